The average Bonchev–Trinajstić information content (AvgIpc) is 3.25. The van der Waals surface area contributed by atoms with Crippen LogP contribution < -0.4 is 0 Å². The van der Waals surface area contributed by atoms with E-state index < -0.39 is 59.6 Å². The fourth-order valence-electron chi connectivity index (χ4n) is 10.3. The highest BCUT2D eigenvalue weighted by Crippen LogP contribution is 2.66. The summed E-state index contributed by atoms with van der Waals surface area (Å²) in [4.78, 5) is 62.4. The van der Waals surface area contributed by atoms with E-state index in [1.807, 2.05) is 6.92 Å². The van der Waals surface area contributed by atoms with Crippen LogP contribution in [0.3, 0.4) is 0 Å². The van der Waals surface area contributed by atoms with E-state index in [4.69, 9.17) is 23.7 Å². The van der Waals surface area contributed by atoms with Crippen LogP contribution >= 0.6 is 0 Å². The third-order valence-electron chi connectivity index (χ3n) is 12.7. The Kier molecular flexibility index (Phi) is 10.9. The van der Waals surface area contributed by atoms with E-state index in [1.54, 1.807) is 0 Å². The molecule has 0 spiro atoms. The number of fused-ring (bicyclic) bond motifs is 5. The molecule has 0 unspecified atom stereocenters. The van der Waals surface area contributed by atoms with Gasteiger partial charge in [-0.3, -0.25) is 24.0 Å². The smallest absolute Gasteiger partial charge is 0.309 e. The van der Waals surface area contributed by atoms with E-state index in [-0.39, 0.29) is 59.2 Å². The molecule has 4 fully saturated rings. The molecule has 3 saturated carbocycles. The predicted molar refractivity (Wildman–Crippen MR) is 168 cm³/mol. The van der Waals surface area contributed by atoms with Crippen LogP contribution in [0.15, 0.2) is 0 Å². The number of carbonyl (C=O) groups excluding carboxylic acids is 5. The quantitative estimate of drug-likeness (QED) is 0.228. The van der Waals surface area contributed by atoms with Crippen molar-refractivity contribution < 1.29 is 47.7 Å². The molecule has 0 N–H and O–H groups in total. The Balaban J connectivity index is 1.65. The van der Waals surface area contributed by atoms with E-state index in [1.165, 1.54) is 27.7 Å². The van der Waals surface area contributed by atoms with Gasteiger partial charge in [0, 0.05) is 40.0 Å². The summed E-state index contributed by atoms with van der Waals surface area (Å²) in [7, 11) is 0. The van der Waals surface area contributed by atoms with Gasteiger partial charge < -0.3 is 23.7 Å². The molecule has 4 aliphatic rings. The van der Waals surface area contributed by atoms with Crippen molar-refractivity contribution in [2.75, 3.05) is 6.61 Å². The topological polar surface area (TPSA) is 132 Å². The maximum absolute atomic E-state index is 13.6. The first-order chi connectivity index (χ1) is 21.4. The normalized spacial score (nSPS) is 38.0. The molecule has 0 bridgehead atoms. The van der Waals surface area contributed by atoms with Crippen molar-refractivity contribution in [2.24, 2.45) is 58.2 Å². The molecule has 1 saturated heterocycles. The highest BCUT2D eigenvalue weighted by atomic mass is 16.6. The summed E-state index contributed by atoms with van der Waals surface area (Å²) in [5.74, 6) is -1.66. The molecule has 0 aromatic heterocycles. The molecule has 260 valence electrons. The second kappa shape index (κ2) is 13.8. The molecule has 0 amide bonds. The van der Waals surface area contributed by atoms with Gasteiger partial charge in [-0.05, 0) is 78.4 Å². The number of cyclic esters (lactones) is 1. The second-order valence-electron chi connectivity index (χ2n) is 15.6. The molecule has 0 aromatic carbocycles. The first kappa shape index (κ1) is 36.2. The zero-order valence-corrected chi connectivity index (χ0v) is 29.5. The van der Waals surface area contributed by atoms with Crippen LogP contribution in [-0.4, -0.2) is 60.9 Å². The van der Waals surface area contributed by atoms with Gasteiger partial charge in [0.05, 0.1) is 12.5 Å². The second-order valence-corrected chi connectivity index (χ2v) is 15.6. The fraction of sp³-hybridized carbons (Fsp3) is 0.861. The Bertz CT molecular complexity index is 1180. The van der Waals surface area contributed by atoms with E-state index in [0.717, 1.165) is 25.7 Å². The van der Waals surface area contributed by atoms with Crippen LogP contribution in [0.5, 0.6) is 0 Å². The largest absolute Gasteiger partial charge is 0.465 e. The standard InChI is InChI=1S/C36H56O10/c1-18(2)19(3)32(45-23(7)39)33(46-24(8)40)20(4)26-11-12-27-25-17-42-34(41)29-15-30(43-21(5)37)31(44-22(6)38)16-36(29,10)28(25)13-14-35(26,27)9/h18-20,25-33H,11-17H2,1-10H3/t19-,20+,25-,26+,27-,28-,29+,30-,31+,32+,33+,35+,36+/m0/s1. The molecular formula is C36H56O10. The number of esters is 5. The average molecular weight is 649 g/mol. The van der Waals surface area contributed by atoms with Crippen LogP contribution in [0.25, 0.3) is 0 Å². The van der Waals surface area contributed by atoms with Crippen molar-refractivity contribution in [3.63, 3.8) is 0 Å². The van der Waals surface area contributed by atoms with Crippen molar-refractivity contribution in [3.8, 4) is 0 Å². The maximum atomic E-state index is 13.6. The predicted octanol–water partition coefficient (Wildman–Crippen LogP) is 5.67. The molecule has 1 aliphatic heterocycles. The number of hydrogen-bond donors (Lipinski definition) is 0. The van der Waals surface area contributed by atoms with Gasteiger partial charge in [0.25, 0.3) is 0 Å². The zero-order chi connectivity index (χ0) is 34.3. The molecule has 0 radical (unpaired) electrons. The lowest BCUT2D eigenvalue weighted by Gasteiger charge is -2.56. The zero-order valence-electron chi connectivity index (χ0n) is 29.5. The van der Waals surface area contributed by atoms with Gasteiger partial charge in [-0.25, -0.2) is 0 Å². The molecule has 0 aromatic rings. The first-order valence-corrected chi connectivity index (χ1v) is 17.3. The van der Waals surface area contributed by atoms with Gasteiger partial charge in [0.15, 0.2) is 0 Å². The molecular weight excluding hydrogens is 592 g/mol. The van der Waals surface area contributed by atoms with Crippen molar-refractivity contribution in [2.45, 2.75) is 132 Å². The minimum atomic E-state index is -0.703. The van der Waals surface area contributed by atoms with Crippen LogP contribution in [0.4, 0.5) is 0 Å². The van der Waals surface area contributed by atoms with Crippen molar-refractivity contribution in [1.29, 1.82) is 0 Å². The molecule has 10 heteroatoms. The van der Waals surface area contributed by atoms with E-state index in [0.29, 0.717) is 13.0 Å². The third kappa shape index (κ3) is 6.96. The fourth-order valence-corrected chi connectivity index (χ4v) is 10.3. The first-order valence-electron chi connectivity index (χ1n) is 17.3. The van der Waals surface area contributed by atoms with Crippen molar-refractivity contribution >= 4 is 29.8 Å². The summed E-state index contributed by atoms with van der Waals surface area (Å²) < 4.78 is 29.3. The number of ether oxygens (including phenoxy) is 5. The summed E-state index contributed by atoms with van der Waals surface area (Å²) in [6, 6.07) is 0. The van der Waals surface area contributed by atoms with E-state index in [2.05, 4.69) is 34.6 Å². The molecule has 1 heterocycles. The molecule has 13 atom stereocenters. The van der Waals surface area contributed by atoms with Crippen LogP contribution in [0.1, 0.15) is 108 Å². The lowest BCUT2D eigenvalue weighted by atomic mass is 9.48. The monoisotopic (exact) mass is 648 g/mol. The van der Waals surface area contributed by atoms with E-state index >= 15 is 0 Å². The number of rotatable bonds is 9. The van der Waals surface area contributed by atoms with Gasteiger partial charge >= 0.3 is 29.8 Å². The summed E-state index contributed by atoms with van der Waals surface area (Å²) in [6.07, 6.45) is 1.82. The van der Waals surface area contributed by atoms with Crippen LogP contribution in [0, 0.1) is 58.2 Å². The van der Waals surface area contributed by atoms with Gasteiger partial charge in [0.1, 0.15) is 24.4 Å². The minimum Gasteiger partial charge on any atom is -0.465 e. The molecule has 3 aliphatic carbocycles. The lowest BCUT2D eigenvalue weighted by molar-refractivity contribution is -0.189. The summed E-state index contributed by atoms with van der Waals surface area (Å²) >= 11 is 0. The molecule has 10 nitrogen and oxygen atoms in total. The Morgan fingerprint density at radius 3 is 1.89 bits per heavy atom. The van der Waals surface area contributed by atoms with Crippen molar-refractivity contribution in [3.05, 3.63) is 0 Å². The highest BCUT2D eigenvalue weighted by molar-refractivity contribution is 5.75. The Labute approximate surface area is 274 Å². The van der Waals surface area contributed by atoms with E-state index in [9.17, 15) is 24.0 Å². The number of hydrogen-bond acceptors (Lipinski definition) is 10. The van der Waals surface area contributed by atoms with Crippen LogP contribution in [0.2, 0.25) is 0 Å². The van der Waals surface area contributed by atoms with Gasteiger partial charge in [-0.1, -0.05) is 41.5 Å². The molecule has 46 heavy (non-hydrogen) atoms. The van der Waals surface area contributed by atoms with Gasteiger partial charge in [-0.2, -0.15) is 0 Å². The SMILES string of the molecule is CC(=O)O[C@H]([C@H](C)[C@H]1CC[C@H]2[C@@H]3COC(=O)[C@H]4C[C@H](OC(C)=O)[C@H](OC(C)=O)C[C@]4(C)[C@H]3CC[C@]12C)[C@H](OC(C)=O)[C@@H](C)C(C)C. The van der Waals surface area contributed by atoms with Crippen molar-refractivity contribution in [1.82, 2.24) is 0 Å². The minimum absolute atomic E-state index is 0.0260. The lowest BCUT2D eigenvalue weighted by Crippen LogP contribution is -2.56. The van der Waals surface area contributed by atoms with Gasteiger partial charge in [-0.15, -0.1) is 0 Å². The molecule has 4 rings (SSSR count). The third-order valence-corrected chi connectivity index (χ3v) is 12.7. The number of carbonyl (C=O) groups is 5. The Morgan fingerprint density at radius 2 is 1.33 bits per heavy atom. The van der Waals surface area contributed by atoms with Crippen LogP contribution in [-0.2, 0) is 47.7 Å². The summed E-state index contributed by atoms with van der Waals surface area (Å²) in [6.45, 7) is 18.6. The van der Waals surface area contributed by atoms with Gasteiger partial charge in [0.2, 0.25) is 0 Å². The Hall–Kier alpha value is -2.65. The summed E-state index contributed by atoms with van der Waals surface area (Å²) in [5, 5.41) is 0. The Morgan fingerprint density at radius 1 is 0.761 bits per heavy atom. The maximum Gasteiger partial charge on any atom is 0.309 e. The highest BCUT2D eigenvalue weighted by Gasteiger charge is 2.64. The summed E-state index contributed by atoms with van der Waals surface area (Å²) in [5.41, 5.74) is -0.624.